The standard InChI is InChI=1S/C14H15N3O3/c1-20-13-5-2-9(7-16-13)8-17-14(19)10-3-4-11(15)12(18)6-10/h2-7,18H,8,15H2,1H3,(H,17,19). The number of methoxy groups -OCH3 is 1. The molecule has 0 saturated heterocycles. The third-order valence-electron chi connectivity index (χ3n) is 2.75. The molecule has 1 heterocycles. The van der Waals surface area contributed by atoms with E-state index >= 15 is 0 Å². The molecule has 1 aromatic heterocycles. The maximum Gasteiger partial charge on any atom is 0.251 e. The van der Waals surface area contributed by atoms with Gasteiger partial charge < -0.3 is 20.9 Å². The van der Waals surface area contributed by atoms with Crippen LogP contribution in [0.25, 0.3) is 0 Å². The number of pyridine rings is 1. The van der Waals surface area contributed by atoms with Gasteiger partial charge >= 0.3 is 0 Å². The molecule has 104 valence electrons. The van der Waals surface area contributed by atoms with Crippen molar-refractivity contribution in [2.75, 3.05) is 12.8 Å². The van der Waals surface area contributed by atoms with Crippen molar-refractivity contribution in [1.29, 1.82) is 0 Å². The molecule has 1 amide bonds. The van der Waals surface area contributed by atoms with Gasteiger partial charge in [0.05, 0.1) is 12.8 Å². The first-order chi connectivity index (χ1) is 9.60. The van der Waals surface area contributed by atoms with Crippen LogP contribution >= 0.6 is 0 Å². The minimum Gasteiger partial charge on any atom is -0.506 e. The van der Waals surface area contributed by atoms with E-state index in [4.69, 9.17) is 10.5 Å². The Labute approximate surface area is 116 Å². The van der Waals surface area contributed by atoms with Gasteiger partial charge in [0.25, 0.3) is 5.91 Å². The molecule has 0 atom stereocenters. The number of phenolic OH excluding ortho intramolecular Hbond substituents is 1. The molecule has 1 aromatic carbocycles. The molecule has 0 spiro atoms. The Morgan fingerprint density at radius 1 is 1.40 bits per heavy atom. The molecule has 0 bridgehead atoms. The molecule has 0 aliphatic rings. The molecular weight excluding hydrogens is 258 g/mol. The Balaban J connectivity index is 1.98. The fraction of sp³-hybridized carbons (Fsp3) is 0.143. The Morgan fingerprint density at radius 3 is 2.80 bits per heavy atom. The number of nitrogens with zero attached hydrogens (tertiary/aromatic N) is 1. The summed E-state index contributed by atoms with van der Waals surface area (Å²) in [6.07, 6.45) is 1.62. The van der Waals surface area contributed by atoms with Crippen molar-refractivity contribution in [2.45, 2.75) is 6.54 Å². The molecule has 20 heavy (non-hydrogen) atoms. The smallest absolute Gasteiger partial charge is 0.251 e. The summed E-state index contributed by atoms with van der Waals surface area (Å²) in [6, 6.07) is 7.90. The third kappa shape index (κ3) is 3.17. The van der Waals surface area contributed by atoms with E-state index in [-0.39, 0.29) is 17.3 Å². The summed E-state index contributed by atoms with van der Waals surface area (Å²) in [5.41, 5.74) is 6.91. The second-order valence-electron chi connectivity index (χ2n) is 4.17. The molecular formula is C14H15N3O3. The van der Waals surface area contributed by atoms with Crippen LogP contribution in [-0.2, 0) is 6.54 Å². The van der Waals surface area contributed by atoms with Crippen molar-refractivity contribution in [3.05, 3.63) is 47.7 Å². The quantitative estimate of drug-likeness (QED) is 0.576. The summed E-state index contributed by atoms with van der Waals surface area (Å²) in [5.74, 6) is 0.114. The molecule has 0 aliphatic carbocycles. The predicted molar refractivity (Wildman–Crippen MR) is 74.5 cm³/mol. The second kappa shape index (κ2) is 5.92. The highest BCUT2D eigenvalue weighted by atomic mass is 16.5. The average Bonchev–Trinajstić information content (AvgIpc) is 2.48. The maximum atomic E-state index is 11.9. The largest absolute Gasteiger partial charge is 0.506 e. The van der Waals surface area contributed by atoms with Gasteiger partial charge in [-0.15, -0.1) is 0 Å². The van der Waals surface area contributed by atoms with E-state index in [1.165, 1.54) is 19.2 Å². The minimum atomic E-state index is -0.295. The zero-order chi connectivity index (χ0) is 14.5. The first-order valence-corrected chi connectivity index (χ1v) is 5.96. The SMILES string of the molecule is COc1ccc(CNC(=O)c2ccc(N)c(O)c2)cn1. The number of ether oxygens (including phenoxy) is 1. The first kappa shape index (κ1) is 13.7. The highest BCUT2D eigenvalue weighted by Gasteiger charge is 2.07. The van der Waals surface area contributed by atoms with Crippen molar-refractivity contribution in [2.24, 2.45) is 0 Å². The second-order valence-corrected chi connectivity index (χ2v) is 4.17. The van der Waals surface area contributed by atoms with Crippen LogP contribution in [0.4, 0.5) is 5.69 Å². The highest BCUT2D eigenvalue weighted by molar-refractivity contribution is 5.95. The lowest BCUT2D eigenvalue weighted by Crippen LogP contribution is -2.22. The third-order valence-corrected chi connectivity index (χ3v) is 2.75. The number of carbonyl (C=O) groups is 1. The van der Waals surface area contributed by atoms with Gasteiger partial charge in [-0.2, -0.15) is 0 Å². The molecule has 0 unspecified atom stereocenters. The molecule has 6 nitrogen and oxygen atoms in total. The summed E-state index contributed by atoms with van der Waals surface area (Å²) in [5, 5.41) is 12.2. The van der Waals surface area contributed by atoms with E-state index in [2.05, 4.69) is 10.3 Å². The number of carbonyl (C=O) groups excluding carboxylic acids is 1. The Bertz CT molecular complexity index is 612. The lowest BCUT2D eigenvalue weighted by atomic mass is 10.1. The van der Waals surface area contributed by atoms with E-state index < -0.39 is 0 Å². The van der Waals surface area contributed by atoms with E-state index in [0.717, 1.165) is 5.56 Å². The minimum absolute atomic E-state index is 0.108. The number of phenols is 1. The van der Waals surface area contributed by atoms with Crippen LogP contribution in [0, 0.1) is 0 Å². The lowest BCUT2D eigenvalue weighted by Gasteiger charge is -2.07. The van der Waals surface area contributed by atoms with E-state index in [9.17, 15) is 9.90 Å². The van der Waals surface area contributed by atoms with Gasteiger partial charge in [0, 0.05) is 24.4 Å². The zero-order valence-corrected chi connectivity index (χ0v) is 11.0. The van der Waals surface area contributed by atoms with E-state index in [0.29, 0.717) is 18.0 Å². The van der Waals surface area contributed by atoms with Gasteiger partial charge in [0.1, 0.15) is 5.75 Å². The molecule has 4 N–H and O–H groups in total. The van der Waals surface area contributed by atoms with Crippen molar-refractivity contribution < 1.29 is 14.6 Å². The molecule has 0 fully saturated rings. The van der Waals surface area contributed by atoms with E-state index in [1.807, 2.05) is 6.07 Å². The normalized spacial score (nSPS) is 10.1. The molecule has 6 heteroatoms. The number of anilines is 1. The highest BCUT2D eigenvalue weighted by Crippen LogP contribution is 2.20. The summed E-state index contributed by atoms with van der Waals surface area (Å²) in [7, 11) is 1.54. The Hall–Kier alpha value is -2.76. The number of amides is 1. The van der Waals surface area contributed by atoms with Gasteiger partial charge in [0.2, 0.25) is 5.88 Å². The number of rotatable bonds is 4. The van der Waals surface area contributed by atoms with Crippen LogP contribution < -0.4 is 15.8 Å². The van der Waals surface area contributed by atoms with Gasteiger partial charge in [0.15, 0.2) is 0 Å². The number of aromatic nitrogens is 1. The number of benzene rings is 1. The van der Waals surface area contributed by atoms with Crippen molar-refractivity contribution in [3.8, 4) is 11.6 Å². The Kier molecular flexibility index (Phi) is 4.05. The molecule has 2 rings (SSSR count). The molecule has 2 aromatic rings. The van der Waals surface area contributed by atoms with Crippen LogP contribution in [0.15, 0.2) is 36.5 Å². The number of aromatic hydroxyl groups is 1. The first-order valence-electron chi connectivity index (χ1n) is 5.96. The van der Waals surface area contributed by atoms with Gasteiger partial charge in [-0.25, -0.2) is 4.98 Å². The summed E-state index contributed by atoms with van der Waals surface area (Å²) < 4.78 is 4.95. The predicted octanol–water partition coefficient (Wildman–Crippen LogP) is 1.31. The van der Waals surface area contributed by atoms with Crippen molar-refractivity contribution in [1.82, 2.24) is 10.3 Å². The summed E-state index contributed by atoms with van der Waals surface area (Å²) in [4.78, 5) is 15.9. The van der Waals surface area contributed by atoms with Crippen LogP contribution in [0.3, 0.4) is 0 Å². The fourth-order valence-corrected chi connectivity index (χ4v) is 1.61. The van der Waals surface area contributed by atoms with Crippen LogP contribution in [0.1, 0.15) is 15.9 Å². The number of nitrogen functional groups attached to an aromatic ring is 1. The molecule has 0 saturated carbocycles. The number of nitrogens with one attached hydrogen (secondary N) is 1. The monoisotopic (exact) mass is 273 g/mol. The van der Waals surface area contributed by atoms with Gasteiger partial charge in [-0.3, -0.25) is 4.79 Å². The topological polar surface area (TPSA) is 97.5 Å². The lowest BCUT2D eigenvalue weighted by molar-refractivity contribution is 0.0950. The van der Waals surface area contributed by atoms with Crippen LogP contribution in [-0.4, -0.2) is 23.1 Å². The van der Waals surface area contributed by atoms with E-state index in [1.54, 1.807) is 18.3 Å². The van der Waals surface area contributed by atoms with Crippen LogP contribution in [0.5, 0.6) is 11.6 Å². The van der Waals surface area contributed by atoms with Crippen LogP contribution in [0.2, 0.25) is 0 Å². The number of nitrogens with two attached hydrogens (primary N) is 1. The molecule has 0 aliphatic heterocycles. The van der Waals surface area contributed by atoms with Crippen molar-refractivity contribution >= 4 is 11.6 Å². The number of hydrogen-bond donors (Lipinski definition) is 3. The van der Waals surface area contributed by atoms with Gasteiger partial charge in [-0.1, -0.05) is 6.07 Å². The summed E-state index contributed by atoms with van der Waals surface area (Å²) in [6.45, 7) is 0.334. The van der Waals surface area contributed by atoms with Gasteiger partial charge in [-0.05, 0) is 23.8 Å². The summed E-state index contributed by atoms with van der Waals surface area (Å²) >= 11 is 0. The zero-order valence-electron chi connectivity index (χ0n) is 11.0. The molecule has 0 radical (unpaired) electrons. The maximum absolute atomic E-state index is 11.9. The Morgan fingerprint density at radius 2 is 2.20 bits per heavy atom. The van der Waals surface area contributed by atoms with Crippen molar-refractivity contribution in [3.63, 3.8) is 0 Å². The average molecular weight is 273 g/mol. The fourth-order valence-electron chi connectivity index (χ4n) is 1.61. The number of hydrogen-bond acceptors (Lipinski definition) is 5.